The van der Waals surface area contributed by atoms with Crippen LogP contribution >= 0.6 is 0 Å². The summed E-state index contributed by atoms with van der Waals surface area (Å²) in [5.41, 5.74) is 0. The Balaban J connectivity index is 3.70. The molecule has 0 fully saturated rings. The van der Waals surface area contributed by atoms with Crippen molar-refractivity contribution in [3.8, 4) is 0 Å². The summed E-state index contributed by atoms with van der Waals surface area (Å²) in [6, 6.07) is 0. The Morgan fingerprint density at radius 1 is 0.679 bits per heavy atom. The topological polar surface area (TPSA) is 89.5 Å². The first-order valence-electron chi connectivity index (χ1n) is 10.2. The van der Waals surface area contributed by atoms with Gasteiger partial charge in [-0.3, -0.25) is 9.59 Å². The van der Waals surface area contributed by atoms with E-state index in [-0.39, 0.29) is 43.4 Å². The van der Waals surface area contributed by atoms with E-state index < -0.39 is 0 Å². The Kier molecular flexibility index (Phi) is 18.3. The molecule has 0 aliphatic heterocycles. The van der Waals surface area contributed by atoms with E-state index in [9.17, 15) is 9.59 Å². The molecular formula is C20H38O8. The van der Waals surface area contributed by atoms with Crippen LogP contribution in [0.1, 0.15) is 40.5 Å². The predicted molar refractivity (Wildman–Crippen MR) is 104 cm³/mol. The van der Waals surface area contributed by atoms with Crippen molar-refractivity contribution in [2.75, 3.05) is 66.1 Å². The molecule has 0 radical (unpaired) electrons. The fourth-order valence-electron chi connectivity index (χ4n) is 2.18. The first-order chi connectivity index (χ1) is 13.5. The summed E-state index contributed by atoms with van der Waals surface area (Å²) in [5, 5.41) is 0. The Labute approximate surface area is 169 Å². The van der Waals surface area contributed by atoms with Gasteiger partial charge in [-0.15, -0.1) is 0 Å². The van der Waals surface area contributed by atoms with Crippen LogP contribution in [0.4, 0.5) is 0 Å². The Hall–Kier alpha value is -1.22. The highest BCUT2D eigenvalue weighted by Gasteiger charge is 2.22. The van der Waals surface area contributed by atoms with E-state index in [4.69, 9.17) is 28.4 Å². The fourth-order valence-corrected chi connectivity index (χ4v) is 2.18. The molecule has 0 saturated carbocycles. The van der Waals surface area contributed by atoms with Crippen LogP contribution < -0.4 is 0 Å². The molecule has 0 saturated heterocycles. The van der Waals surface area contributed by atoms with Crippen molar-refractivity contribution in [1.82, 2.24) is 0 Å². The second-order valence-corrected chi connectivity index (χ2v) is 6.31. The predicted octanol–water partition coefficient (Wildman–Crippen LogP) is 2.23. The molecule has 0 aliphatic rings. The van der Waals surface area contributed by atoms with Gasteiger partial charge in [-0.05, 0) is 26.2 Å². The summed E-state index contributed by atoms with van der Waals surface area (Å²) < 4.78 is 31.2. The van der Waals surface area contributed by atoms with Crippen LogP contribution in [-0.2, 0) is 38.0 Å². The normalized spacial score (nSPS) is 13.1. The minimum Gasteiger partial charge on any atom is -0.463 e. The van der Waals surface area contributed by atoms with Crippen LogP contribution in [0.5, 0.6) is 0 Å². The lowest BCUT2D eigenvalue weighted by Gasteiger charge is -2.18. The molecule has 0 heterocycles. The monoisotopic (exact) mass is 406 g/mol. The molecule has 0 aromatic carbocycles. The number of ether oxygens (including phenoxy) is 6. The number of hydrogen-bond acceptors (Lipinski definition) is 8. The highest BCUT2D eigenvalue weighted by molar-refractivity contribution is 5.72. The van der Waals surface area contributed by atoms with Crippen LogP contribution in [0.15, 0.2) is 0 Å². The summed E-state index contributed by atoms with van der Waals surface area (Å²) >= 11 is 0. The van der Waals surface area contributed by atoms with E-state index in [2.05, 4.69) is 0 Å². The van der Waals surface area contributed by atoms with Crippen molar-refractivity contribution < 1.29 is 38.0 Å². The molecule has 2 atom stereocenters. The van der Waals surface area contributed by atoms with Crippen molar-refractivity contribution in [2.45, 2.75) is 40.5 Å². The van der Waals surface area contributed by atoms with Gasteiger partial charge in [0.25, 0.3) is 0 Å². The maximum atomic E-state index is 12.0. The van der Waals surface area contributed by atoms with Gasteiger partial charge < -0.3 is 28.4 Å². The van der Waals surface area contributed by atoms with Crippen molar-refractivity contribution in [3.63, 3.8) is 0 Å². The Morgan fingerprint density at radius 3 is 1.68 bits per heavy atom. The molecule has 166 valence electrons. The summed E-state index contributed by atoms with van der Waals surface area (Å²) in [5.74, 6) is -0.847. The molecule has 0 N–H and O–H groups in total. The van der Waals surface area contributed by atoms with E-state index in [1.165, 1.54) is 0 Å². The molecule has 0 aliphatic carbocycles. The molecule has 0 rings (SSSR count). The van der Waals surface area contributed by atoms with E-state index in [0.29, 0.717) is 59.3 Å². The number of carbonyl (C=O) groups excluding carboxylic acids is 2. The highest BCUT2D eigenvalue weighted by Crippen LogP contribution is 2.18. The van der Waals surface area contributed by atoms with Crippen LogP contribution in [0, 0.1) is 11.8 Å². The molecule has 8 heteroatoms. The van der Waals surface area contributed by atoms with Gasteiger partial charge >= 0.3 is 11.9 Å². The SMILES string of the molecule is CCOCCOCCOC(=O)CCC(C)C(C)C(=O)OCCOCCOCC. The van der Waals surface area contributed by atoms with Gasteiger partial charge in [0.2, 0.25) is 0 Å². The Bertz CT molecular complexity index is 388. The van der Waals surface area contributed by atoms with Crippen molar-refractivity contribution in [2.24, 2.45) is 11.8 Å². The fraction of sp³-hybridized carbons (Fsp3) is 0.900. The highest BCUT2D eigenvalue weighted by atomic mass is 16.6. The third-order valence-electron chi connectivity index (χ3n) is 4.14. The van der Waals surface area contributed by atoms with E-state index in [0.717, 1.165) is 0 Å². The van der Waals surface area contributed by atoms with Crippen LogP contribution in [0.25, 0.3) is 0 Å². The summed E-state index contributed by atoms with van der Waals surface area (Å²) in [7, 11) is 0. The van der Waals surface area contributed by atoms with Crippen molar-refractivity contribution in [3.05, 3.63) is 0 Å². The second-order valence-electron chi connectivity index (χ2n) is 6.31. The standard InChI is InChI=1S/C20H38O8/c1-5-23-9-11-25-13-15-27-19(21)8-7-17(3)18(4)20(22)28-16-14-26-12-10-24-6-2/h17-18H,5-16H2,1-4H3. The van der Waals surface area contributed by atoms with Gasteiger partial charge in [0, 0.05) is 19.6 Å². The molecule has 0 aromatic heterocycles. The molecule has 0 aromatic rings. The minimum absolute atomic E-state index is 0.0152. The second kappa shape index (κ2) is 19.1. The third-order valence-corrected chi connectivity index (χ3v) is 4.14. The van der Waals surface area contributed by atoms with E-state index in [1.807, 2.05) is 20.8 Å². The molecule has 8 nitrogen and oxygen atoms in total. The number of carbonyl (C=O) groups is 2. The van der Waals surface area contributed by atoms with Gasteiger partial charge in [0.15, 0.2) is 0 Å². The average Bonchev–Trinajstić information content (AvgIpc) is 2.69. The number of rotatable bonds is 19. The lowest BCUT2D eigenvalue weighted by Crippen LogP contribution is -2.24. The molecule has 0 spiro atoms. The Morgan fingerprint density at radius 2 is 1.14 bits per heavy atom. The van der Waals surface area contributed by atoms with E-state index in [1.54, 1.807) is 6.92 Å². The summed E-state index contributed by atoms with van der Waals surface area (Å²) in [6.45, 7) is 12.1. The van der Waals surface area contributed by atoms with Crippen LogP contribution in [0.2, 0.25) is 0 Å². The number of hydrogen-bond donors (Lipinski definition) is 0. The van der Waals surface area contributed by atoms with E-state index >= 15 is 0 Å². The molecule has 28 heavy (non-hydrogen) atoms. The molecule has 0 bridgehead atoms. The summed E-state index contributed by atoms with van der Waals surface area (Å²) in [4.78, 5) is 23.8. The van der Waals surface area contributed by atoms with Gasteiger partial charge in [0.1, 0.15) is 13.2 Å². The van der Waals surface area contributed by atoms with Gasteiger partial charge in [-0.1, -0.05) is 13.8 Å². The average molecular weight is 407 g/mol. The van der Waals surface area contributed by atoms with Gasteiger partial charge in [-0.2, -0.15) is 0 Å². The zero-order valence-corrected chi connectivity index (χ0v) is 17.9. The lowest BCUT2D eigenvalue weighted by molar-refractivity contribution is -0.152. The summed E-state index contributed by atoms with van der Waals surface area (Å²) in [6.07, 6.45) is 0.823. The zero-order chi connectivity index (χ0) is 21.0. The maximum Gasteiger partial charge on any atom is 0.308 e. The number of esters is 2. The van der Waals surface area contributed by atoms with Crippen molar-refractivity contribution >= 4 is 11.9 Å². The first kappa shape index (κ1) is 26.8. The van der Waals surface area contributed by atoms with Crippen molar-refractivity contribution in [1.29, 1.82) is 0 Å². The molecule has 2 unspecified atom stereocenters. The van der Waals surface area contributed by atoms with Gasteiger partial charge in [-0.25, -0.2) is 0 Å². The lowest BCUT2D eigenvalue weighted by atomic mass is 9.92. The van der Waals surface area contributed by atoms with Gasteiger partial charge in [0.05, 0.1) is 45.6 Å². The molecular weight excluding hydrogens is 368 g/mol. The quantitative estimate of drug-likeness (QED) is 0.238. The molecule has 0 amide bonds. The maximum absolute atomic E-state index is 12.0. The minimum atomic E-state index is -0.293. The zero-order valence-electron chi connectivity index (χ0n) is 17.9. The first-order valence-corrected chi connectivity index (χ1v) is 10.2. The largest absolute Gasteiger partial charge is 0.463 e. The third kappa shape index (κ3) is 15.8. The van der Waals surface area contributed by atoms with Crippen LogP contribution in [-0.4, -0.2) is 78.0 Å². The smallest absolute Gasteiger partial charge is 0.308 e. The van der Waals surface area contributed by atoms with Crippen LogP contribution in [0.3, 0.4) is 0 Å².